The van der Waals surface area contributed by atoms with Crippen LogP contribution >= 0.6 is 0 Å². The molecule has 2 aromatic rings. The van der Waals surface area contributed by atoms with Gasteiger partial charge in [-0.05, 0) is 38.6 Å². The van der Waals surface area contributed by atoms with Crippen molar-refractivity contribution in [1.29, 1.82) is 0 Å². The molecule has 0 fully saturated rings. The van der Waals surface area contributed by atoms with Crippen LogP contribution in [0.1, 0.15) is 33.6 Å². The molecule has 0 aliphatic carbocycles. The second-order valence-electron chi connectivity index (χ2n) is 6.50. The molecule has 0 aromatic heterocycles. The average molecular weight is 329 g/mol. The van der Waals surface area contributed by atoms with Crippen LogP contribution in [0.15, 0.2) is 42.5 Å². The summed E-state index contributed by atoms with van der Waals surface area (Å²) in [6.07, 6.45) is -0.319. The van der Waals surface area contributed by atoms with E-state index >= 15 is 0 Å². The van der Waals surface area contributed by atoms with Gasteiger partial charge in [0.05, 0.1) is 0 Å². The normalized spacial score (nSPS) is 12.6. The van der Waals surface area contributed by atoms with Crippen LogP contribution in [0.25, 0.3) is 10.8 Å². The predicted octanol–water partition coefficient (Wildman–Crippen LogP) is 3.37. The van der Waals surface area contributed by atoms with Gasteiger partial charge in [0.25, 0.3) is 5.91 Å². The maximum absolute atomic E-state index is 12.4. The van der Waals surface area contributed by atoms with Gasteiger partial charge in [-0.1, -0.05) is 36.4 Å². The van der Waals surface area contributed by atoms with E-state index in [1.165, 1.54) is 0 Å². The molecule has 0 aliphatic rings. The molecule has 1 atom stereocenters. The summed E-state index contributed by atoms with van der Waals surface area (Å²) in [5, 5.41) is 13.6. The second kappa shape index (κ2) is 7.34. The number of carboxylic acid groups (broad SMARTS) is 1. The van der Waals surface area contributed by atoms with E-state index in [0.717, 1.165) is 10.8 Å². The Morgan fingerprint density at radius 2 is 1.83 bits per heavy atom. The third-order valence-electron chi connectivity index (χ3n) is 3.85. The number of aliphatic carboxylic acids is 1. The number of nitrogens with one attached hydrogen (secondary N) is 1. The molecule has 128 valence electrons. The molecule has 0 heterocycles. The number of carbonyl (C=O) groups is 2. The standard InChI is InChI=1S/C19H23NO4/c1-13(18(23)20-19(2,3)12-11-17(21)22)24-16-10-6-8-14-7-4-5-9-15(14)16/h4-10,13H,11-12H2,1-3H3,(H,20,23)(H,21,22). The predicted molar refractivity (Wildman–Crippen MR) is 93.1 cm³/mol. The van der Waals surface area contributed by atoms with E-state index in [1.54, 1.807) is 20.8 Å². The van der Waals surface area contributed by atoms with E-state index < -0.39 is 17.6 Å². The lowest BCUT2D eigenvalue weighted by Gasteiger charge is -2.27. The van der Waals surface area contributed by atoms with E-state index in [-0.39, 0.29) is 12.3 Å². The first-order valence-corrected chi connectivity index (χ1v) is 7.97. The van der Waals surface area contributed by atoms with Crippen molar-refractivity contribution in [3.63, 3.8) is 0 Å². The number of carbonyl (C=O) groups excluding carboxylic acids is 1. The number of hydrogen-bond acceptors (Lipinski definition) is 3. The third-order valence-corrected chi connectivity index (χ3v) is 3.85. The van der Waals surface area contributed by atoms with Gasteiger partial charge in [-0.2, -0.15) is 0 Å². The number of benzene rings is 2. The molecular weight excluding hydrogens is 306 g/mol. The van der Waals surface area contributed by atoms with E-state index in [2.05, 4.69) is 5.32 Å². The topological polar surface area (TPSA) is 75.6 Å². The Hall–Kier alpha value is -2.56. The second-order valence-corrected chi connectivity index (χ2v) is 6.50. The fourth-order valence-corrected chi connectivity index (χ4v) is 2.46. The molecule has 5 nitrogen and oxygen atoms in total. The number of carboxylic acids is 1. The van der Waals surface area contributed by atoms with Gasteiger partial charge in [-0.3, -0.25) is 9.59 Å². The largest absolute Gasteiger partial charge is 0.481 e. The van der Waals surface area contributed by atoms with Crippen LogP contribution in [-0.4, -0.2) is 28.6 Å². The fourth-order valence-electron chi connectivity index (χ4n) is 2.46. The van der Waals surface area contributed by atoms with Gasteiger partial charge in [0.1, 0.15) is 5.75 Å². The van der Waals surface area contributed by atoms with Crippen LogP contribution in [0.4, 0.5) is 0 Å². The lowest BCUT2D eigenvalue weighted by atomic mass is 9.98. The molecule has 0 saturated heterocycles. The Balaban J connectivity index is 2.04. The Morgan fingerprint density at radius 1 is 1.17 bits per heavy atom. The summed E-state index contributed by atoms with van der Waals surface area (Å²) in [7, 11) is 0. The Kier molecular flexibility index (Phi) is 5.44. The Labute approximate surface area is 141 Å². The minimum atomic E-state index is -0.877. The van der Waals surface area contributed by atoms with E-state index in [4.69, 9.17) is 9.84 Å². The first-order valence-electron chi connectivity index (χ1n) is 7.97. The quantitative estimate of drug-likeness (QED) is 0.816. The van der Waals surface area contributed by atoms with Crippen LogP contribution in [0.3, 0.4) is 0 Å². The molecule has 0 bridgehead atoms. The fraction of sp³-hybridized carbons (Fsp3) is 0.368. The van der Waals surface area contributed by atoms with Gasteiger partial charge in [-0.15, -0.1) is 0 Å². The minimum absolute atomic E-state index is 0.00579. The summed E-state index contributed by atoms with van der Waals surface area (Å²) in [6, 6.07) is 13.5. The van der Waals surface area contributed by atoms with Gasteiger partial charge < -0.3 is 15.2 Å². The van der Waals surface area contributed by atoms with E-state index in [9.17, 15) is 9.59 Å². The zero-order valence-electron chi connectivity index (χ0n) is 14.2. The van der Waals surface area contributed by atoms with Crippen LogP contribution < -0.4 is 10.1 Å². The van der Waals surface area contributed by atoms with Crippen molar-refractivity contribution in [3.8, 4) is 5.75 Å². The molecule has 0 spiro atoms. The van der Waals surface area contributed by atoms with Crippen molar-refractivity contribution in [2.75, 3.05) is 0 Å². The van der Waals surface area contributed by atoms with Gasteiger partial charge in [0, 0.05) is 17.3 Å². The summed E-state index contributed by atoms with van der Waals surface area (Å²) in [5.41, 5.74) is -0.605. The third kappa shape index (κ3) is 4.72. The average Bonchev–Trinajstić information content (AvgIpc) is 2.53. The van der Waals surface area contributed by atoms with Crippen LogP contribution in [-0.2, 0) is 9.59 Å². The maximum atomic E-state index is 12.4. The molecule has 2 rings (SSSR count). The van der Waals surface area contributed by atoms with E-state index in [0.29, 0.717) is 12.2 Å². The van der Waals surface area contributed by atoms with Crippen molar-refractivity contribution in [3.05, 3.63) is 42.5 Å². The van der Waals surface area contributed by atoms with Crippen molar-refractivity contribution >= 4 is 22.6 Å². The van der Waals surface area contributed by atoms with Gasteiger partial charge in [0.2, 0.25) is 0 Å². The summed E-state index contributed by atoms with van der Waals surface area (Å²) in [4.78, 5) is 23.1. The van der Waals surface area contributed by atoms with Crippen molar-refractivity contribution in [2.45, 2.75) is 45.3 Å². The van der Waals surface area contributed by atoms with Crippen LogP contribution in [0.5, 0.6) is 5.75 Å². The molecule has 1 unspecified atom stereocenters. The highest BCUT2D eigenvalue weighted by molar-refractivity contribution is 5.89. The number of amides is 1. The van der Waals surface area contributed by atoms with Crippen molar-refractivity contribution in [2.24, 2.45) is 0 Å². The number of ether oxygens (including phenoxy) is 1. The highest BCUT2D eigenvalue weighted by Crippen LogP contribution is 2.26. The maximum Gasteiger partial charge on any atom is 0.303 e. The van der Waals surface area contributed by atoms with Gasteiger partial charge in [0.15, 0.2) is 6.10 Å². The first kappa shape index (κ1) is 17.8. The smallest absolute Gasteiger partial charge is 0.303 e. The molecule has 5 heteroatoms. The first-order chi connectivity index (χ1) is 11.3. The summed E-state index contributed by atoms with van der Waals surface area (Å²) >= 11 is 0. The van der Waals surface area contributed by atoms with Crippen LogP contribution in [0.2, 0.25) is 0 Å². The monoisotopic (exact) mass is 329 g/mol. The highest BCUT2D eigenvalue weighted by Gasteiger charge is 2.25. The summed E-state index contributed by atoms with van der Waals surface area (Å²) in [6.45, 7) is 5.29. The SMILES string of the molecule is CC(Oc1cccc2ccccc12)C(=O)NC(C)(C)CCC(=O)O. The molecule has 1 amide bonds. The van der Waals surface area contributed by atoms with E-state index in [1.807, 2.05) is 42.5 Å². The number of rotatable bonds is 7. The highest BCUT2D eigenvalue weighted by atomic mass is 16.5. The Morgan fingerprint density at radius 3 is 2.54 bits per heavy atom. The zero-order chi connectivity index (χ0) is 17.7. The van der Waals surface area contributed by atoms with Crippen molar-refractivity contribution in [1.82, 2.24) is 5.32 Å². The Bertz CT molecular complexity index is 734. The van der Waals surface area contributed by atoms with Crippen LogP contribution in [0, 0.1) is 0 Å². The molecule has 2 aromatic carbocycles. The minimum Gasteiger partial charge on any atom is -0.481 e. The molecule has 24 heavy (non-hydrogen) atoms. The number of hydrogen-bond donors (Lipinski definition) is 2. The molecular formula is C19H23NO4. The molecule has 2 N–H and O–H groups in total. The zero-order valence-corrected chi connectivity index (χ0v) is 14.2. The summed E-state index contributed by atoms with van der Waals surface area (Å²) < 4.78 is 5.83. The molecule has 0 aliphatic heterocycles. The van der Waals surface area contributed by atoms with Gasteiger partial charge >= 0.3 is 5.97 Å². The summed E-state index contributed by atoms with van der Waals surface area (Å²) in [5.74, 6) is -0.491. The van der Waals surface area contributed by atoms with Gasteiger partial charge in [-0.25, -0.2) is 0 Å². The molecule has 0 radical (unpaired) electrons. The number of fused-ring (bicyclic) bond motifs is 1. The lowest BCUT2D eigenvalue weighted by Crippen LogP contribution is -2.48. The molecule has 0 saturated carbocycles. The van der Waals surface area contributed by atoms with Crippen molar-refractivity contribution < 1.29 is 19.4 Å². The lowest BCUT2D eigenvalue weighted by molar-refractivity contribution is -0.138.